The topological polar surface area (TPSA) is 119 Å². The Hall–Kier alpha value is -3.53. The second-order valence-corrected chi connectivity index (χ2v) is 8.49. The first kappa shape index (κ1) is 25.7. The monoisotopic (exact) mass is 469 g/mol. The zero-order chi connectivity index (χ0) is 22.8. The normalized spacial score (nSPS) is 11.2. The van der Waals surface area contributed by atoms with Crippen LogP contribution < -0.4 is 15.4 Å². The van der Waals surface area contributed by atoms with Gasteiger partial charge >= 0.3 is 6.03 Å². The third kappa shape index (κ3) is 8.15. The second-order valence-electron chi connectivity index (χ2n) is 7.00. The lowest BCUT2D eigenvalue weighted by Crippen LogP contribution is -2.40. The van der Waals surface area contributed by atoms with Gasteiger partial charge in [0.25, 0.3) is 0 Å². The zero-order valence-corrected chi connectivity index (χ0v) is 19.0. The van der Waals surface area contributed by atoms with E-state index in [9.17, 15) is 13.8 Å². The average Bonchev–Trinajstić information content (AvgIpc) is 2.81. The molecule has 0 aliphatic heterocycles. The molecule has 3 aromatic rings. The summed E-state index contributed by atoms with van der Waals surface area (Å²) in [6, 6.07) is 23.9. The molecule has 0 heterocycles. The standard InChI is InChI=1S/C24H25N3O4S.H2O/c1-19-7-9-21(10-8-19)31-22-11-13-23(14-12-22)32(30)27(16-15-25-24(29)26-18-28)17-20-5-3-2-4-6-20;/h2-14,18H,15-17H2,1H3,(H2,25,26,28,29);1H2. The van der Waals surface area contributed by atoms with Crippen LogP contribution in [-0.2, 0) is 22.3 Å². The molecule has 9 heteroatoms. The van der Waals surface area contributed by atoms with Crippen molar-refractivity contribution in [1.29, 1.82) is 0 Å². The maximum Gasteiger partial charge on any atom is 0.321 e. The Bertz CT molecular complexity index is 1040. The van der Waals surface area contributed by atoms with Crippen LogP contribution in [0.2, 0.25) is 0 Å². The van der Waals surface area contributed by atoms with E-state index in [4.69, 9.17) is 4.74 Å². The van der Waals surface area contributed by atoms with Crippen molar-refractivity contribution in [3.05, 3.63) is 90.0 Å². The number of nitrogens with one attached hydrogen (secondary N) is 2. The third-order valence-corrected chi connectivity index (χ3v) is 6.01. The molecule has 0 fully saturated rings. The first-order valence-corrected chi connectivity index (χ1v) is 11.2. The van der Waals surface area contributed by atoms with E-state index in [2.05, 4.69) is 5.32 Å². The molecule has 0 saturated heterocycles. The molecule has 0 spiro atoms. The molecule has 0 aromatic heterocycles. The van der Waals surface area contributed by atoms with Gasteiger partial charge in [-0.1, -0.05) is 48.0 Å². The number of imide groups is 1. The summed E-state index contributed by atoms with van der Waals surface area (Å²) in [6.45, 7) is 3.01. The molecule has 3 rings (SSSR count). The first-order valence-electron chi connectivity index (χ1n) is 10.1. The maximum absolute atomic E-state index is 13.3. The van der Waals surface area contributed by atoms with Gasteiger partial charge in [0.15, 0.2) is 0 Å². The smallest absolute Gasteiger partial charge is 0.321 e. The quantitative estimate of drug-likeness (QED) is 0.444. The van der Waals surface area contributed by atoms with Crippen molar-refractivity contribution in [2.75, 3.05) is 13.1 Å². The first-order chi connectivity index (χ1) is 15.5. The van der Waals surface area contributed by atoms with Crippen molar-refractivity contribution in [2.45, 2.75) is 18.4 Å². The minimum atomic E-state index is -1.46. The minimum Gasteiger partial charge on any atom is -0.457 e. The molecule has 33 heavy (non-hydrogen) atoms. The van der Waals surface area contributed by atoms with Crippen LogP contribution in [0.15, 0.2) is 83.8 Å². The summed E-state index contributed by atoms with van der Waals surface area (Å²) in [4.78, 5) is 22.5. The van der Waals surface area contributed by atoms with Gasteiger partial charge in [-0.05, 0) is 48.9 Å². The molecule has 0 bridgehead atoms. The number of nitrogens with zero attached hydrogens (tertiary/aromatic N) is 1. The largest absolute Gasteiger partial charge is 0.457 e. The van der Waals surface area contributed by atoms with E-state index >= 15 is 0 Å². The highest BCUT2D eigenvalue weighted by Gasteiger charge is 2.16. The Labute approximate surface area is 195 Å². The molecule has 0 saturated carbocycles. The Morgan fingerprint density at radius 3 is 2.18 bits per heavy atom. The summed E-state index contributed by atoms with van der Waals surface area (Å²) >= 11 is 0. The lowest BCUT2D eigenvalue weighted by molar-refractivity contribution is -0.108. The number of benzene rings is 3. The summed E-state index contributed by atoms with van der Waals surface area (Å²) in [5.74, 6) is 1.38. The predicted octanol–water partition coefficient (Wildman–Crippen LogP) is 2.94. The average molecular weight is 470 g/mol. The fourth-order valence-corrected chi connectivity index (χ4v) is 4.11. The van der Waals surface area contributed by atoms with Crippen LogP contribution in [0.5, 0.6) is 11.5 Å². The molecule has 0 aliphatic rings. The Balaban J connectivity index is 0.00000385. The molecular formula is C24H27N3O5S. The molecule has 3 amide bonds. The summed E-state index contributed by atoms with van der Waals surface area (Å²) in [6.07, 6.45) is 0.315. The van der Waals surface area contributed by atoms with Gasteiger partial charge in [-0.3, -0.25) is 10.1 Å². The van der Waals surface area contributed by atoms with Crippen LogP contribution >= 0.6 is 0 Å². The van der Waals surface area contributed by atoms with Crippen molar-refractivity contribution in [1.82, 2.24) is 14.9 Å². The predicted molar refractivity (Wildman–Crippen MR) is 127 cm³/mol. The number of urea groups is 1. The number of hydrogen-bond acceptors (Lipinski definition) is 4. The van der Waals surface area contributed by atoms with Gasteiger partial charge in [-0.25, -0.2) is 13.3 Å². The summed E-state index contributed by atoms with van der Waals surface area (Å²) in [5.41, 5.74) is 2.15. The number of rotatable bonds is 10. The molecule has 0 radical (unpaired) electrons. The number of ether oxygens (including phenoxy) is 1. The van der Waals surface area contributed by atoms with Gasteiger partial charge in [0.1, 0.15) is 22.5 Å². The van der Waals surface area contributed by atoms with Gasteiger partial charge < -0.3 is 15.5 Å². The van der Waals surface area contributed by atoms with Crippen molar-refractivity contribution in [3.63, 3.8) is 0 Å². The number of carbonyl (C=O) groups excluding carboxylic acids is 2. The van der Waals surface area contributed by atoms with Gasteiger partial charge in [-0.2, -0.15) is 0 Å². The number of amides is 3. The van der Waals surface area contributed by atoms with Gasteiger partial charge in [0, 0.05) is 19.6 Å². The van der Waals surface area contributed by atoms with E-state index in [1.807, 2.05) is 66.8 Å². The Kier molecular flexibility index (Phi) is 10.2. The van der Waals surface area contributed by atoms with Crippen LogP contribution in [-0.4, -0.2) is 39.5 Å². The van der Waals surface area contributed by atoms with Crippen LogP contribution in [0.4, 0.5) is 4.79 Å². The number of aryl methyl sites for hydroxylation is 1. The van der Waals surface area contributed by atoms with E-state index in [0.29, 0.717) is 30.1 Å². The molecular weight excluding hydrogens is 442 g/mol. The molecule has 174 valence electrons. The number of carbonyl (C=O) groups is 2. The lowest BCUT2D eigenvalue weighted by atomic mass is 10.2. The van der Waals surface area contributed by atoms with Gasteiger partial charge in [0.05, 0.1) is 4.90 Å². The van der Waals surface area contributed by atoms with Crippen molar-refractivity contribution in [3.8, 4) is 11.5 Å². The molecule has 1 unspecified atom stereocenters. The zero-order valence-electron chi connectivity index (χ0n) is 18.2. The van der Waals surface area contributed by atoms with Crippen LogP contribution in [0.3, 0.4) is 0 Å². The van der Waals surface area contributed by atoms with Crippen LogP contribution in [0.25, 0.3) is 0 Å². The SMILES string of the molecule is Cc1ccc(Oc2ccc(S(=O)N(CCNC(=O)NC=O)Cc3ccccc3)cc2)cc1.O. The van der Waals surface area contributed by atoms with E-state index < -0.39 is 17.0 Å². The summed E-state index contributed by atoms with van der Waals surface area (Å²) < 4.78 is 20.9. The van der Waals surface area contributed by atoms with E-state index in [-0.39, 0.29) is 12.0 Å². The molecule has 3 aromatic carbocycles. The van der Waals surface area contributed by atoms with E-state index in [1.165, 1.54) is 0 Å². The highest BCUT2D eigenvalue weighted by Crippen LogP contribution is 2.24. The fraction of sp³-hybridized carbons (Fsp3) is 0.167. The van der Waals surface area contributed by atoms with Crippen LogP contribution in [0.1, 0.15) is 11.1 Å². The maximum atomic E-state index is 13.3. The van der Waals surface area contributed by atoms with E-state index in [1.54, 1.807) is 28.6 Å². The van der Waals surface area contributed by atoms with Crippen LogP contribution in [0, 0.1) is 6.92 Å². The van der Waals surface area contributed by atoms with Crippen molar-refractivity contribution >= 4 is 23.4 Å². The Morgan fingerprint density at radius 2 is 1.58 bits per heavy atom. The molecule has 4 N–H and O–H groups in total. The molecule has 1 atom stereocenters. The second kappa shape index (κ2) is 13.1. The molecule has 8 nitrogen and oxygen atoms in total. The summed E-state index contributed by atoms with van der Waals surface area (Å²) in [5, 5.41) is 4.59. The number of hydrogen-bond donors (Lipinski definition) is 2. The van der Waals surface area contributed by atoms with E-state index in [0.717, 1.165) is 16.9 Å². The van der Waals surface area contributed by atoms with Gasteiger partial charge in [0.2, 0.25) is 6.41 Å². The highest BCUT2D eigenvalue weighted by atomic mass is 32.2. The highest BCUT2D eigenvalue weighted by molar-refractivity contribution is 7.82. The van der Waals surface area contributed by atoms with Crippen molar-refractivity contribution < 1.29 is 24.0 Å². The van der Waals surface area contributed by atoms with Gasteiger partial charge in [-0.15, -0.1) is 0 Å². The van der Waals surface area contributed by atoms with Crippen molar-refractivity contribution in [2.24, 2.45) is 0 Å². The molecule has 0 aliphatic carbocycles. The Morgan fingerprint density at radius 1 is 0.970 bits per heavy atom. The lowest BCUT2D eigenvalue weighted by Gasteiger charge is -2.21. The fourth-order valence-electron chi connectivity index (χ4n) is 2.92. The minimum absolute atomic E-state index is 0. The summed E-state index contributed by atoms with van der Waals surface area (Å²) in [7, 11) is -1.46. The third-order valence-electron chi connectivity index (χ3n) is 4.56.